The van der Waals surface area contributed by atoms with E-state index in [9.17, 15) is 0 Å². The summed E-state index contributed by atoms with van der Waals surface area (Å²) >= 11 is 0. The Bertz CT molecular complexity index is 327. The van der Waals surface area contributed by atoms with Gasteiger partial charge in [-0.2, -0.15) is 0 Å². The lowest BCUT2D eigenvalue weighted by atomic mass is 10.1. The van der Waals surface area contributed by atoms with Gasteiger partial charge in [-0.3, -0.25) is 0 Å². The maximum atomic E-state index is 5.82. The second kappa shape index (κ2) is 6.65. The van der Waals surface area contributed by atoms with Gasteiger partial charge in [0.1, 0.15) is 5.75 Å². The lowest BCUT2D eigenvalue weighted by Gasteiger charge is -2.16. The summed E-state index contributed by atoms with van der Waals surface area (Å²) < 4.78 is 5.82. The Balaban J connectivity index is 2.39. The van der Waals surface area contributed by atoms with Gasteiger partial charge in [0.25, 0.3) is 0 Å². The summed E-state index contributed by atoms with van der Waals surface area (Å²) in [7, 11) is 0. The molecular formula is C15H25NO. The third kappa shape index (κ3) is 5.73. The average Bonchev–Trinajstić information content (AvgIpc) is 2.22. The SMILES string of the molecule is Cc1cc(C)cc(OCC(C)CNC(C)C)c1. The molecule has 2 heteroatoms. The Morgan fingerprint density at radius 2 is 1.65 bits per heavy atom. The van der Waals surface area contributed by atoms with Crippen molar-refractivity contribution in [3.8, 4) is 5.75 Å². The van der Waals surface area contributed by atoms with E-state index in [0.717, 1.165) is 18.9 Å². The van der Waals surface area contributed by atoms with Gasteiger partial charge in [-0.05, 0) is 37.1 Å². The highest BCUT2D eigenvalue weighted by molar-refractivity contribution is 5.32. The van der Waals surface area contributed by atoms with Crippen molar-refractivity contribution in [2.24, 2.45) is 5.92 Å². The first-order chi connectivity index (χ1) is 7.97. The highest BCUT2D eigenvalue weighted by Gasteiger charge is 2.04. The van der Waals surface area contributed by atoms with E-state index in [1.807, 2.05) is 0 Å². The van der Waals surface area contributed by atoms with Gasteiger partial charge < -0.3 is 10.1 Å². The smallest absolute Gasteiger partial charge is 0.119 e. The second-order valence-electron chi connectivity index (χ2n) is 5.30. The van der Waals surface area contributed by atoms with E-state index < -0.39 is 0 Å². The van der Waals surface area contributed by atoms with Crippen LogP contribution in [-0.2, 0) is 0 Å². The summed E-state index contributed by atoms with van der Waals surface area (Å²) in [5.41, 5.74) is 2.51. The summed E-state index contributed by atoms with van der Waals surface area (Å²) in [5.74, 6) is 1.51. The molecule has 0 amide bonds. The zero-order valence-electron chi connectivity index (χ0n) is 11.7. The minimum atomic E-state index is 0.526. The summed E-state index contributed by atoms with van der Waals surface area (Å²) in [5, 5.41) is 3.42. The standard InChI is InChI=1S/C15H25NO/c1-11(2)16-9-14(5)10-17-15-7-12(3)6-13(4)8-15/h6-8,11,14,16H,9-10H2,1-5H3. The number of hydrogen-bond acceptors (Lipinski definition) is 2. The van der Waals surface area contributed by atoms with Crippen LogP contribution >= 0.6 is 0 Å². The van der Waals surface area contributed by atoms with E-state index >= 15 is 0 Å². The molecule has 1 aromatic carbocycles. The van der Waals surface area contributed by atoms with Crippen molar-refractivity contribution in [1.29, 1.82) is 0 Å². The van der Waals surface area contributed by atoms with Crippen LogP contribution in [-0.4, -0.2) is 19.2 Å². The molecule has 0 aromatic heterocycles. The summed E-state index contributed by atoms with van der Waals surface area (Å²) in [6.45, 7) is 12.5. The van der Waals surface area contributed by atoms with Gasteiger partial charge in [-0.15, -0.1) is 0 Å². The molecule has 17 heavy (non-hydrogen) atoms. The van der Waals surface area contributed by atoms with Gasteiger partial charge >= 0.3 is 0 Å². The van der Waals surface area contributed by atoms with Crippen LogP contribution in [0.1, 0.15) is 31.9 Å². The monoisotopic (exact) mass is 235 g/mol. The molecule has 1 N–H and O–H groups in total. The first-order valence-corrected chi connectivity index (χ1v) is 6.42. The van der Waals surface area contributed by atoms with Gasteiger partial charge in [-0.1, -0.05) is 26.8 Å². The highest BCUT2D eigenvalue weighted by Crippen LogP contribution is 2.16. The zero-order chi connectivity index (χ0) is 12.8. The van der Waals surface area contributed by atoms with Crippen molar-refractivity contribution in [3.05, 3.63) is 29.3 Å². The average molecular weight is 235 g/mol. The number of benzene rings is 1. The normalized spacial score (nSPS) is 12.8. The van der Waals surface area contributed by atoms with Crippen molar-refractivity contribution < 1.29 is 4.74 Å². The van der Waals surface area contributed by atoms with Crippen LogP contribution in [0, 0.1) is 19.8 Å². The molecule has 0 spiro atoms. The van der Waals surface area contributed by atoms with E-state index in [2.05, 4.69) is 58.1 Å². The Morgan fingerprint density at radius 3 is 2.18 bits per heavy atom. The molecule has 1 aromatic rings. The van der Waals surface area contributed by atoms with Gasteiger partial charge in [0.05, 0.1) is 6.61 Å². The largest absolute Gasteiger partial charge is 0.493 e. The van der Waals surface area contributed by atoms with Crippen LogP contribution in [0.3, 0.4) is 0 Å². The van der Waals surface area contributed by atoms with Crippen molar-refractivity contribution in [1.82, 2.24) is 5.32 Å². The molecule has 0 fully saturated rings. The molecule has 0 aliphatic heterocycles. The lowest BCUT2D eigenvalue weighted by molar-refractivity contribution is 0.253. The van der Waals surface area contributed by atoms with Gasteiger partial charge in [0.2, 0.25) is 0 Å². The molecule has 1 atom stereocenters. The second-order valence-corrected chi connectivity index (χ2v) is 5.30. The van der Waals surface area contributed by atoms with Gasteiger partial charge in [0.15, 0.2) is 0 Å². The molecule has 1 rings (SSSR count). The van der Waals surface area contributed by atoms with Crippen molar-refractivity contribution >= 4 is 0 Å². The minimum absolute atomic E-state index is 0.526. The van der Waals surface area contributed by atoms with Crippen LogP contribution in [0.25, 0.3) is 0 Å². The molecule has 0 aliphatic rings. The summed E-state index contributed by atoms with van der Waals surface area (Å²) in [6.07, 6.45) is 0. The summed E-state index contributed by atoms with van der Waals surface area (Å²) in [4.78, 5) is 0. The molecule has 2 nitrogen and oxygen atoms in total. The number of aryl methyl sites for hydroxylation is 2. The first-order valence-electron chi connectivity index (χ1n) is 6.42. The van der Waals surface area contributed by atoms with Crippen LogP contribution in [0.2, 0.25) is 0 Å². The Morgan fingerprint density at radius 1 is 1.06 bits per heavy atom. The Labute approximate surface area is 105 Å². The van der Waals surface area contributed by atoms with Crippen molar-refractivity contribution in [2.45, 2.75) is 40.7 Å². The predicted molar refractivity (Wildman–Crippen MR) is 73.7 cm³/mol. The third-order valence-electron chi connectivity index (χ3n) is 2.60. The molecule has 0 bridgehead atoms. The fraction of sp³-hybridized carbons (Fsp3) is 0.600. The Kier molecular flexibility index (Phi) is 5.49. The van der Waals surface area contributed by atoms with Crippen molar-refractivity contribution in [2.75, 3.05) is 13.2 Å². The van der Waals surface area contributed by atoms with Crippen LogP contribution in [0.5, 0.6) is 5.75 Å². The molecule has 0 saturated carbocycles. The maximum absolute atomic E-state index is 5.82. The predicted octanol–water partition coefficient (Wildman–Crippen LogP) is 3.32. The molecule has 0 radical (unpaired) electrons. The van der Waals surface area contributed by atoms with E-state index in [0.29, 0.717) is 12.0 Å². The van der Waals surface area contributed by atoms with Crippen LogP contribution in [0.4, 0.5) is 0 Å². The molecule has 1 unspecified atom stereocenters. The topological polar surface area (TPSA) is 21.3 Å². The van der Waals surface area contributed by atoms with Crippen LogP contribution in [0.15, 0.2) is 18.2 Å². The number of hydrogen-bond donors (Lipinski definition) is 1. The minimum Gasteiger partial charge on any atom is -0.493 e. The number of rotatable bonds is 6. The Hall–Kier alpha value is -1.02. The van der Waals surface area contributed by atoms with E-state index in [4.69, 9.17) is 4.74 Å². The van der Waals surface area contributed by atoms with Gasteiger partial charge in [-0.25, -0.2) is 0 Å². The van der Waals surface area contributed by atoms with Crippen LogP contribution < -0.4 is 10.1 Å². The molecular weight excluding hydrogens is 210 g/mol. The van der Waals surface area contributed by atoms with Gasteiger partial charge in [0, 0.05) is 18.5 Å². The van der Waals surface area contributed by atoms with Crippen molar-refractivity contribution in [3.63, 3.8) is 0 Å². The van der Waals surface area contributed by atoms with E-state index in [1.165, 1.54) is 11.1 Å². The fourth-order valence-electron chi connectivity index (χ4n) is 1.75. The molecule has 0 aliphatic carbocycles. The lowest BCUT2D eigenvalue weighted by Crippen LogP contribution is -2.30. The maximum Gasteiger partial charge on any atom is 0.119 e. The number of nitrogens with one attached hydrogen (secondary N) is 1. The highest BCUT2D eigenvalue weighted by atomic mass is 16.5. The fourth-order valence-corrected chi connectivity index (χ4v) is 1.75. The first kappa shape index (κ1) is 14.0. The van der Waals surface area contributed by atoms with E-state index in [1.54, 1.807) is 0 Å². The summed E-state index contributed by atoms with van der Waals surface area (Å²) in [6, 6.07) is 6.89. The molecule has 0 heterocycles. The number of ether oxygens (including phenoxy) is 1. The third-order valence-corrected chi connectivity index (χ3v) is 2.60. The quantitative estimate of drug-likeness (QED) is 0.816. The zero-order valence-corrected chi connectivity index (χ0v) is 11.7. The molecule has 0 saturated heterocycles. The van der Waals surface area contributed by atoms with E-state index in [-0.39, 0.29) is 0 Å². The molecule has 96 valence electrons.